The van der Waals surface area contributed by atoms with Crippen LogP contribution in [-0.2, 0) is 6.42 Å². The van der Waals surface area contributed by atoms with Gasteiger partial charge >= 0.3 is 0 Å². The molecule has 0 bridgehead atoms. The van der Waals surface area contributed by atoms with Crippen LogP contribution in [0.1, 0.15) is 11.5 Å². The minimum Gasteiger partial charge on any atom is -0.493 e. The van der Waals surface area contributed by atoms with Crippen molar-refractivity contribution in [2.24, 2.45) is 0 Å². The highest BCUT2D eigenvalue weighted by atomic mass is 35.5. The van der Waals surface area contributed by atoms with Crippen molar-refractivity contribution in [3.63, 3.8) is 0 Å². The molecule has 0 radical (unpaired) electrons. The van der Waals surface area contributed by atoms with Gasteiger partial charge < -0.3 is 9.47 Å². The fourth-order valence-electron chi connectivity index (χ4n) is 1.69. The number of hydrogen-bond acceptors (Lipinski definition) is 4. The van der Waals surface area contributed by atoms with Crippen molar-refractivity contribution in [3.8, 4) is 11.5 Å². The summed E-state index contributed by atoms with van der Waals surface area (Å²) in [5.74, 6) is 2.11. The van der Waals surface area contributed by atoms with E-state index >= 15 is 0 Å². The monoisotopic (exact) mass is 278 g/mol. The molecule has 19 heavy (non-hydrogen) atoms. The first-order valence-corrected chi connectivity index (χ1v) is 6.32. The standard InChI is InChI=1S/C14H15ClN2O2/c1-10-9-13(15)17-14(16-10)7-8-19-12-6-4-3-5-11(12)18-2/h3-6,9H,7-8H2,1-2H3. The van der Waals surface area contributed by atoms with Crippen LogP contribution in [0.25, 0.3) is 0 Å². The van der Waals surface area contributed by atoms with Crippen molar-refractivity contribution in [2.75, 3.05) is 13.7 Å². The minimum atomic E-state index is 0.458. The molecule has 100 valence electrons. The lowest BCUT2D eigenvalue weighted by Gasteiger charge is -2.09. The molecule has 0 amide bonds. The van der Waals surface area contributed by atoms with Crippen LogP contribution >= 0.6 is 11.6 Å². The third-order valence-corrected chi connectivity index (χ3v) is 2.72. The number of rotatable bonds is 5. The predicted molar refractivity (Wildman–Crippen MR) is 74.0 cm³/mol. The van der Waals surface area contributed by atoms with Gasteiger partial charge in [-0.15, -0.1) is 0 Å². The maximum Gasteiger partial charge on any atom is 0.161 e. The summed E-state index contributed by atoms with van der Waals surface area (Å²) in [4.78, 5) is 8.45. The van der Waals surface area contributed by atoms with Gasteiger partial charge in [0.1, 0.15) is 11.0 Å². The van der Waals surface area contributed by atoms with Crippen molar-refractivity contribution >= 4 is 11.6 Å². The topological polar surface area (TPSA) is 44.2 Å². The Hall–Kier alpha value is -1.81. The molecule has 0 spiro atoms. The molecule has 0 atom stereocenters. The maximum absolute atomic E-state index is 5.88. The van der Waals surface area contributed by atoms with E-state index in [1.165, 1.54) is 0 Å². The van der Waals surface area contributed by atoms with Crippen LogP contribution < -0.4 is 9.47 Å². The lowest BCUT2D eigenvalue weighted by molar-refractivity contribution is 0.295. The van der Waals surface area contributed by atoms with Gasteiger partial charge in [0.2, 0.25) is 0 Å². The Bertz CT molecular complexity index is 541. The summed E-state index contributed by atoms with van der Waals surface area (Å²) in [7, 11) is 1.62. The first-order valence-electron chi connectivity index (χ1n) is 5.95. The van der Waals surface area contributed by atoms with Crippen molar-refractivity contribution in [2.45, 2.75) is 13.3 Å². The zero-order chi connectivity index (χ0) is 13.7. The van der Waals surface area contributed by atoms with Gasteiger partial charge in [-0.2, -0.15) is 0 Å². The van der Waals surface area contributed by atoms with Gasteiger partial charge in [0.05, 0.1) is 13.7 Å². The van der Waals surface area contributed by atoms with E-state index in [4.69, 9.17) is 21.1 Å². The number of halogens is 1. The van der Waals surface area contributed by atoms with E-state index in [0.29, 0.717) is 35.5 Å². The van der Waals surface area contributed by atoms with Gasteiger partial charge in [0, 0.05) is 12.1 Å². The van der Waals surface area contributed by atoms with Crippen LogP contribution in [0.15, 0.2) is 30.3 Å². The van der Waals surface area contributed by atoms with Crippen LogP contribution in [-0.4, -0.2) is 23.7 Å². The lowest BCUT2D eigenvalue weighted by Crippen LogP contribution is -2.06. The number of aryl methyl sites for hydroxylation is 1. The molecule has 0 aliphatic carbocycles. The molecule has 0 N–H and O–H groups in total. The smallest absolute Gasteiger partial charge is 0.161 e. The number of hydrogen-bond donors (Lipinski definition) is 0. The summed E-state index contributed by atoms with van der Waals surface area (Å²) in [5.41, 5.74) is 0.854. The number of nitrogens with zero attached hydrogens (tertiary/aromatic N) is 2. The average molecular weight is 279 g/mol. The summed E-state index contributed by atoms with van der Waals surface area (Å²) in [6.07, 6.45) is 0.597. The molecule has 1 aromatic heterocycles. The van der Waals surface area contributed by atoms with Gasteiger partial charge in [-0.1, -0.05) is 23.7 Å². The third-order valence-electron chi connectivity index (χ3n) is 2.52. The van der Waals surface area contributed by atoms with Crippen molar-refractivity contribution in [1.29, 1.82) is 0 Å². The Kier molecular flexibility index (Phi) is 4.58. The number of aromatic nitrogens is 2. The van der Waals surface area contributed by atoms with Crippen LogP contribution in [0, 0.1) is 6.92 Å². The van der Waals surface area contributed by atoms with Crippen LogP contribution in [0.3, 0.4) is 0 Å². The van der Waals surface area contributed by atoms with Gasteiger partial charge in [-0.25, -0.2) is 9.97 Å². The highest BCUT2D eigenvalue weighted by Gasteiger charge is 2.04. The second-order valence-electron chi connectivity index (χ2n) is 4.00. The molecule has 0 saturated carbocycles. The van der Waals surface area contributed by atoms with Gasteiger partial charge in [0.15, 0.2) is 11.5 Å². The molecule has 1 heterocycles. The molecule has 1 aromatic carbocycles. The zero-order valence-electron chi connectivity index (χ0n) is 10.9. The van der Waals surface area contributed by atoms with E-state index in [1.54, 1.807) is 13.2 Å². The van der Waals surface area contributed by atoms with E-state index in [9.17, 15) is 0 Å². The SMILES string of the molecule is COc1ccccc1OCCc1nc(C)cc(Cl)n1. The van der Waals surface area contributed by atoms with E-state index in [0.717, 1.165) is 5.69 Å². The summed E-state index contributed by atoms with van der Waals surface area (Å²) >= 11 is 5.88. The predicted octanol–water partition coefficient (Wildman–Crippen LogP) is 3.07. The van der Waals surface area contributed by atoms with E-state index < -0.39 is 0 Å². The average Bonchev–Trinajstić information content (AvgIpc) is 2.38. The summed E-state index contributed by atoms with van der Waals surface area (Å²) in [6, 6.07) is 9.25. The van der Waals surface area contributed by atoms with Crippen molar-refractivity contribution in [3.05, 3.63) is 47.0 Å². The third kappa shape index (κ3) is 3.83. The van der Waals surface area contributed by atoms with Gasteiger partial charge in [-0.05, 0) is 25.1 Å². The number of benzene rings is 1. The van der Waals surface area contributed by atoms with Crippen LogP contribution in [0.2, 0.25) is 5.15 Å². The Morgan fingerprint density at radius 3 is 2.58 bits per heavy atom. The van der Waals surface area contributed by atoms with Gasteiger partial charge in [-0.3, -0.25) is 0 Å². The second kappa shape index (κ2) is 6.38. The molecule has 5 heteroatoms. The molecular formula is C14H15ClN2O2. The Morgan fingerprint density at radius 2 is 1.89 bits per heavy atom. The Morgan fingerprint density at radius 1 is 1.16 bits per heavy atom. The fourth-order valence-corrected chi connectivity index (χ4v) is 1.95. The molecule has 0 saturated heterocycles. The lowest BCUT2D eigenvalue weighted by atomic mass is 10.3. The molecule has 0 aliphatic heterocycles. The van der Waals surface area contributed by atoms with Crippen molar-refractivity contribution in [1.82, 2.24) is 9.97 Å². The first-order chi connectivity index (χ1) is 9.19. The molecular weight excluding hydrogens is 264 g/mol. The molecule has 0 fully saturated rings. The molecule has 2 aromatic rings. The molecule has 2 rings (SSSR count). The highest BCUT2D eigenvalue weighted by Crippen LogP contribution is 2.25. The zero-order valence-corrected chi connectivity index (χ0v) is 11.6. The Balaban J connectivity index is 1.96. The van der Waals surface area contributed by atoms with Crippen LogP contribution in [0.5, 0.6) is 11.5 Å². The minimum absolute atomic E-state index is 0.458. The largest absolute Gasteiger partial charge is 0.493 e. The fraction of sp³-hybridized carbons (Fsp3) is 0.286. The molecule has 4 nitrogen and oxygen atoms in total. The number of para-hydroxylation sites is 2. The first kappa shape index (κ1) is 13.6. The van der Waals surface area contributed by atoms with Crippen molar-refractivity contribution < 1.29 is 9.47 Å². The maximum atomic E-state index is 5.88. The summed E-state index contributed by atoms with van der Waals surface area (Å²) in [5, 5.41) is 0.458. The Labute approximate surface area is 117 Å². The van der Waals surface area contributed by atoms with Crippen LogP contribution in [0.4, 0.5) is 0 Å². The second-order valence-corrected chi connectivity index (χ2v) is 4.38. The summed E-state index contributed by atoms with van der Waals surface area (Å²) in [6.45, 7) is 2.36. The molecule has 0 aliphatic rings. The normalized spacial score (nSPS) is 10.3. The number of methoxy groups -OCH3 is 1. The van der Waals surface area contributed by atoms with E-state index in [2.05, 4.69) is 9.97 Å². The molecule has 0 unspecified atom stereocenters. The highest BCUT2D eigenvalue weighted by molar-refractivity contribution is 6.29. The van der Waals surface area contributed by atoms with Gasteiger partial charge in [0.25, 0.3) is 0 Å². The number of ether oxygens (including phenoxy) is 2. The van der Waals surface area contributed by atoms with E-state index in [1.807, 2.05) is 31.2 Å². The summed E-state index contributed by atoms with van der Waals surface area (Å²) < 4.78 is 10.9. The van der Waals surface area contributed by atoms with E-state index in [-0.39, 0.29) is 0 Å². The quantitative estimate of drug-likeness (QED) is 0.789.